The molecule has 1 N–H and O–H groups in total. The van der Waals surface area contributed by atoms with Crippen LogP contribution < -0.4 is 9.47 Å². The van der Waals surface area contributed by atoms with Crippen LogP contribution in [0.2, 0.25) is 0 Å². The Labute approximate surface area is 149 Å². The second kappa shape index (κ2) is 6.94. The lowest BCUT2D eigenvalue weighted by Gasteiger charge is -2.08. The first-order valence-electron chi connectivity index (χ1n) is 7.57. The van der Waals surface area contributed by atoms with Gasteiger partial charge in [0.05, 0.1) is 25.5 Å². The van der Waals surface area contributed by atoms with Gasteiger partial charge in [0.1, 0.15) is 5.01 Å². The molecule has 0 aliphatic carbocycles. The number of aromatic nitrogens is 1. The zero-order chi connectivity index (χ0) is 18.0. The first kappa shape index (κ1) is 17.0. The number of hydrogen-bond acceptors (Lipinski definition) is 5. The molecule has 0 spiro atoms. The molecule has 25 heavy (non-hydrogen) atoms. The molecule has 0 bridgehead atoms. The van der Waals surface area contributed by atoms with E-state index in [1.54, 1.807) is 32.4 Å². The normalized spacial score (nSPS) is 10.5. The van der Waals surface area contributed by atoms with Crippen LogP contribution in [-0.4, -0.2) is 30.3 Å². The summed E-state index contributed by atoms with van der Waals surface area (Å²) in [6.45, 7) is 1.99. The Morgan fingerprint density at radius 1 is 1.04 bits per heavy atom. The molecule has 1 heterocycles. The van der Waals surface area contributed by atoms with Crippen LogP contribution in [0.25, 0.3) is 21.8 Å². The van der Waals surface area contributed by atoms with Gasteiger partial charge in [0.2, 0.25) is 0 Å². The quantitative estimate of drug-likeness (QED) is 0.730. The number of aryl methyl sites for hydroxylation is 1. The number of thiazole rings is 1. The van der Waals surface area contributed by atoms with Crippen molar-refractivity contribution in [1.82, 2.24) is 4.98 Å². The summed E-state index contributed by atoms with van der Waals surface area (Å²) in [6.07, 6.45) is 0. The molecule has 3 aromatic rings. The Morgan fingerprint density at radius 3 is 2.48 bits per heavy atom. The van der Waals surface area contributed by atoms with Crippen LogP contribution in [-0.2, 0) is 0 Å². The Bertz CT molecular complexity index is 933. The van der Waals surface area contributed by atoms with E-state index in [2.05, 4.69) is 0 Å². The van der Waals surface area contributed by atoms with E-state index < -0.39 is 5.97 Å². The predicted molar refractivity (Wildman–Crippen MR) is 97.8 cm³/mol. The third-order valence-electron chi connectivity index (χ3n) is 3.81. The molecule has 128 valence electrons. The van der Waals surface area contributed by atoms with Gasteiger partial charge in [-0.15, -0.1) is 11.3 Å². The van der Waals surface area contributed by atoms with E-state index in [4.69, 9.17) is 19.6 Å². The number of methoxy groups -OCH3 is 2. The van der Waals surface area contributed by atoms with Gasteiger partial charge in [0, 0.05) is 16.0 Å². The lowest BCUT2D eigenvalue weighted by atomic mass is 10.1. The van der Waals surface area contributed by atoms with Gasteiger partial charge in [-0.2, -0.15) is 0 Å². The summed E-state index contributed by atoms with van der Waals surface area (Å²) in [5.74, 6) is 0.352. The van der Waals surface area contributed by atoms with Crippen molar-refractivity contribution in [3.63, 3.8) is 0 Å². The summed E-state index contributed by atoms with van der Waals surface area (Å²) in [5, 5.41) is 9.94. The van der Waals surface area contributed by atoms with E-state index in [1.165, 1.54) is 11.3 Å². The molecule has 3 rings (SSSR count). The third kappa shape index (κ3) is 3.34. The third-order valence-corrected chi connectivity index (χ3v) is 4.83. The van der Waals surface area contributed by atoms with Crippen LogP contribution in [0.15, 0.2) is 42.5 Å². The summed E-state index contributed by atoms with van der Waals surface area (Å²) < 4.78 is 10.6. The summed E-state index contributed by atoms with van der Waals surface area (Å²) in [5.41, 5.74) is 2.81. The SMILES string of the molecule is COc1ccc(-c2nc(-c3cccc(C(=O)O)c3)sc2C)cc1OC. The molecule has 0 amide bonds. The zero-order valence-electron chi connectivity index (χ0n) is 14.1. The van der Waals surface area contributed by atoms with Crippen molar-refractivity contribution < 1.29 is 19.4 Å². The van der Waals surface area contributed by atoms with Crippen molar-refractivity contribution in [3.05, 3.63) is 52.9 Å². The fourth-order valence-corrected chi connectivity index (χ4v) is 3.49. The second-order valence-electron chi connectivity index (χ2n) is 5.38. The zero-order valence-corrected chi connectivity index (χ0v) is 14.9. The largest absolute Gasteiger partial charge is 0.493 e. The highest BCUT2D eigenvalue weighted by molar-refractivity contribution is 7.15. The number of aromatic carboxylic acids is 1. The van der Waals surface area contributed by atoms with Gasteiger partial charge in [-0.1, -0.05) is 12.1 Å². The summed E-state index contributed by atoms with van der Waals surface area (Å²) in [4.78, 5) is 16.9. The number of ether oxygens (including phenoxy) is 2. The highest BCUT2D eigenvalue weighted by Crippen LogP contribution is 2.37. The maximum Gasteiger partial charge on any atom is 0.335 e. The van der Waals surface area contributed by atoms with Crippen molar-refractivity contribution in [2.75, 3.05) is 14.2 Å². The topological polar surface area (TPSA) is 68.7 Å². The van der Waals surface area contributed by atoms with Gasteiger partial charge >= 0.3 is 5.97 Å². The van der Waals surface area contributed by atoms with E-state index in [1.807, 2.05) is 31.2 Å². The number of carboxylic acids is 1. The molecule has 0 saturated heterocycles. The minimum atomic E-state index is -0.949. The van der Waals surface area contributed by atoms with Crippen LogP contribution in [0.5, 0.6) is 11.5 Å². The van der Waals surface area contributed by atoms with E-state index in [-0.39, 0.29) is 5.56 Å². The number of nitrogens with zero attached hydrogens (tertiary/aromatic N) is 1. The van der Waals surface area contributed by atoms with Gasteiger partial charge in [-0.25, -0.2) is 9.78 Å². The van der Waals surface area contributed by atoms with Crippen LogP contribution in [0.4, 0.5) is 0 Å². The Balaban J connectivity index is 2.04. The van der Waals surface area contributed by atoms with E-state index >= 15 is 0 Å². The van der Waals surface area contributed by atoms with Crippen LogP contribution in [0, 0.1) is 6.92 Å². The van der Waals surface area contributed by atoms with Crippen molar-refractivity contribution in [2.24, 2.45) is 0 Å². The van der Waals surface area contributed by atoms with Gasteiger partial charge in [-0.3, -0.25) is 0 Å². The second-order valence-corrected chi connectivity index (χ2v) is 6.58. The number of rotatable bonds is 5. The molecule has 1 aromatic heterocycles. The fraction of sp³-hybridized carbons (Fsp3) is 0.158. The monoisotopic (exact) mass is 355 g/mol. The number of benzene rings is 2. The Kier molecular flexibility index (Phi) is 4.72. The number of hydrogen-bond donors (Lipinski definition) is 1. The van der Waals surface area contributed by atoms with Crippen molar-refractivity contribution in [1.29, 1.82) is 0 Å². The summed E-state index contributed by atoms with van der Waals surface area (Å²) in [6, 6.07) is 12.5. The molecular weight excluding hydrogens is 338 g/mol. The van der Waals surface area contributed by atoms with Gasteiger partial charge in [-0.05, 0) is 37.3 Å². The maximum atomic E-state index is 11.2. The molecule has 5 nitrogen and oxygen atoms in total. The standard InChI is InChI=1S/C19H17NO4S/c1-11-17(12-7-8-15(23-2)16(10-12)24-3)20-18(25-11)13-5-4-6-14(9-13)19(21)22/h4-10H,1-3H3,(H,21,22). The molecule has 0 atom stereocenters. The van der Waals surface area contributed by atoms with Crippen molar-refractivity contribution >= 4 is 17.3 Å². The van der Waals surface area contributed by atoms with Crippen LogP contribution in [0.1, 0.15) is 15.2 Å². The van der Waals surface area contributed by atoms with E-state index in [0.717, 1.165) is 26.7 Å². The minimum absolute atomic E-state index is 0.248. The Hall–Kier alpha value is -2.86. The lowest BCUT2D eigenvalue weighted by Crippen LogP contribution is -1.95. The van der Waals surface area contributed by atoms with Gasteiger partial charge in [0.15, 0.2) is 11.5 Å². The first-order valence-corrected chi connectivity index (χ1v) is 8.38. The minimum Gasteiger partial charge on any atom is -0.493 e. The molecular formula is C19H17NO4S. The molecule has 0 aliphatic rings. The van der Waals surface area contributed by atoms with Crippen LogP contribution in [0.3, 0.4) is 0 Å². The smallest absolute Gasteiger partial charge is 0.335 e. The van der Waals surface area contributed by atoms with E-state index in [9.17, 15) is 4.79 Å². The molecule has 0 saturated carbocycles. The number of carbonyl (C=O) groups is 1. The predicted octanol–water partition coefficient (Wildman–Crippen LogP) is 4.50. The van der Waals surface area contributed by atoms with Gasteiger partial charge < -0.3 is 14.6 Å². The molecule has 0 unspecified atom stereocenters. The highest BCUT2D eigenvalue weighted by Gasteiger charge is 2.15. The first-order chi connectivity index (χ1) is 12.0. The summed E-state index contributed by atoms with van der Waals surface area (Å²) in [7, 11) is 3.19. The molecule has 0 aliphatic heterocycles. The van der Waals surface area contributed by atoms with Crippen LogP contribution >= 0.6 is 11.3 Å². The summed E-state index contributed by atoms with van der Waals surface area (Å²) >= 11 is 1.53. The van der Waals surface area contributed by atoms with E-state index in [0.29, 0.717) is 11.5 Å². The molecule has 6 heteroatoms. The van der Waals surface area contributed by atoms with Gasteiger partial charge in [0.25, 0.3) is 0 Å². The Morgan fingerprint density at radius 2 is 1.80 bits per heavy atom. The number of carboxylic acid groups (broad SMARTS) is 1. The fourth-order valence-electron chi connectivity index (χ4n) is 2.56. The average molecular weight is 355 g/mol. The molecule has 2 aromatic carbocycles. The lowest BCUT2D eigenvalue weighted by molar-refractivity contribution is 0.0697. The molecule has 0 radical (unpaired) electrons. The van der Waals surface area contributed by atoms with Crippen molar-refractivity contribution in [2.45, 2.75) is 6.92 Å². The highest BCUT2D eigenvalue weighted by atomic mass is 32.1. The molecule has 0 fully saturated rings. The average Bonchev–Trinajstić information content (AvgIpc) is 3.03. The maximum absolute atomic E-state index is 11.2. The van der Waals surface area contributed by atoms with Crippen molar-refractivity contribution in [3.8, 4) is 33.3 Å².